The van der Waals surface area contributed by atoms with Crippen LogP contribution in [0.25, 0.3) is 0 Å². The molecular weight excluding hydrogens is 266 g/mol. The van der Waals surface area contributed by atoms with Gasteiger partial charge < -0.3 is 14.4 Å². The quantitative estimate of drug-likeness (QED) is 0.934. The topological polar surface area (TPSA) is 70.8 Å². The van der Waals surface area contributed by atoms with Crippen LogP contribution in [0.15, 0.2) is 28.0 Å². The second-order valence-corrected chi connectivity index (χ2v) is 5.07. The van der Waals surface area contributed by atoms with Crippen molar-refractivity contribution in [3.63, 3.8) is 0 Å². The number of carbonyl (C=O) groups is 2. The van der Waals surface area contributed by atoms with Gasteiger partial charge in [0.1, 0.15) is 17.1 Å². The molecule has 0 atom stereocenters. The van der Waals surface area contributed by atoms with Crippen LogP contribution in [0, 0.1) is 6.92 Å². The summed E-state index contributed by atoms with van der Waals surface area (Å²) in [6, 6.07) is 5.01. The molecule has 2 rings (SSSR count). The van der Waals surface area contributed by atoms with Gasteiger partial charge in [0, 0.05) is 7.05 Å². The summed E-state index contributed by atoms with van der Waals surface area (Å²) >= 11 is 1.37. The largest absolute Gasteiger partial charge is 0.478 e. The van der Waals surface area contributed by atoms with Crippen molar-refractivity contribution in [2.24, 2.45) is 0 Å². The van der Waals surface area contributed by atoms with Crippen molar-refractivity contribution >= 4 is 23.2 Å². The van der Waals surface area contributed by atoms with Crippen LogP contribution in [-0.2, 0) is 6.54 Å². The van der Waals surface area contributed by atoms with E-state index in [9.17, 15) is 9.59 Å². The van der Waals surface area contributed by atoms with Gasteiger partial charge in [-0.25, -0.2) is 4.79 Å². The van der Waals surface area contributed by atoms with Crippen molar-refractivity contribution in [1.29, 1.82) is 0 Å². The van der Waals surface area contributed by atoms with Crippen LogP contribution in [-0.4, -0.2) is 28.9 Å². The number of hydrogen-bond acceptors (Lipinski definition) is 4. The minimum absolute atomic E-state index is 0.110. The predicted molar refractivity (Wildman–Crippen MR) is 70.5 cm³/mol. The smallest absolute Gasteiger partial charge is 0.339 e. The van der Waals surface area contributed by atoms with Crippen LogP contribution in [0.1, 0.15) is 31.6 Å². The minimum Gasteiger partial charge on any atom is -0.478 e. The van der Waals surface area contributed by atoms with E-state index in [0.29, 0.717) is 16.4 Å². The molecule has 2 aromatic heterocycles. The van der Waals surface area contributed by atoms with Gasteiger partial charge in [0.2, 0.25) is 0 Å². The lowest BCUT2D eigenvalue weighted by molar-refractivity contribution is 0.0694. The van der Waals surface area contributed by atoms with Crippen LogP contribution in [0.3, 0.4) is 0 Å². The Balaban J connectivity index is 2.11. The second-order valence-electron chi connectivity index (χ2n) is 4.13. The van der Waals surface area contributed by atoms with Crippen LogP contribution >= 0.6 is 11.3 Å². The molecular formula is C13H13NO4S. The van der Waals surface area contributed by atoms with Crippen molar-refractivity contribution in [2.45, 2.75) is 13.5 Å². The summed E-state index contributed by atoms with van der Waals surface area (Å²) in [5.74, 6) is -0.331. The molecule has 0 saturated heterocycles. The van der Waals surface area contributed by atoms with E-state index in [2.05, 4.69) is 0 Å². The first-order valence-electron chi connectivity index (χ1n) is 5.60. The van der Waals surface area contributed by atoms with Crippen molar-refractivity contribution in [2.75, 3.05) is 7.05 Å². The molecule has 1 amide bonds. The molecule has 0 unspecified atom stereocenters. The number of aromatic carboxylic acids is 1. The zero-order valence-corrected chi connectivity index (χ0v) is 11.4. The molecule has 0 saturated carbocycles. The lowest BCUT2D eigenvalue weighted by Crippen LogP contribution is -2.25. The Hall–Kier alpha value is -2.08. The fourth-order valence-corrected chi connectivity index (χ4v) is 2.45. The summed E-state index contributed by atoms with van der Waals surface area (Å²) in [6.45, 7) is 1.83. The summed E-state index contributed by atoms with van der Waals surface area (Å²) < 4.78 is 5.34. The lowest BCUT2D eigenvalue weighted by Gasteiger charge is -2.14. The Morgan fingerprint density at radius 2 is 2.21 bits per heavy atom. The monoisotopic (exact) mass is 279 g/mol. The number of hydrogen-bond donors (Lipinski definition) is 1. The fourth-order valence-electron chi connectivity index (χ4n) is 1.73. The Morgan fingerprint density at radius 1 is 1.47 bits per heavy atom. The Kier molecular flexibility index (Phi) is 3.71. The highest BCUT2D eigenvalue weighted by Crippen LogP contribution is 2.18. The Labute approximate surface area is 114 Å². The molecule has 0 aliphatic carbocycles. The molecule has 2 aromatic rings. The van der Waals surface area contributed by atoms with Crippen molar-refractivity contribution in [3.8, 4) is 0 Å². The fraction of sp³-hybridized carbons (Fsp3) is 0.231. The third-order valence-corrected chi connectivity index (χ3v) is 3.53. The number of amides is 1. The maximum Gasteiger partial charge on any atom is 0.339 e. The highest BCUT2D eigenvalue weighted by atomic mass is 32.1. The van der Waals surface area contributed by atoms with E-state index in [1.165, 1.54) is 22.3 Å². The summed E-state index contributed by atoms with van der Waals surface area (Å²) in [7, 11) is 1.65. The van der Waals surface area contributed by atoms with E-state index in [-0.39, 0.29) is 18.0 Å². The average Bonchev–Trinajstić information content (AvgIpc) is 2.97. The Bertz CT molecular complexity index is 600. The van der Waals surface area contributed by atoms with Gasteiger partial charge in [-0.1, -0.05) is 6.07 Å². The number of carboxylic acids is 1. The number of aryl methyl sites for hydroxylation is 1. The van der Waals surface area contributed by atoms with Crippen molar-refractivity contribution in [3.05, 3.63) is 45.5 Å². The van der Waals surface area contributed by atoms with Gasteiger partial charge in [0.05, 0.1) is 11.4 Å². The summed E-state index contributed by atoms with van der Waals surface area (Å²) in [5.41, 5.74) is 0.131. The first kappa shape index (κ1) is 13.4. The van der Waals surface area contributed by atoms with Crippen LogP contribution in [0.4, 0.5) is 0 Å². The average molecular weight is 279 g/mol. The number of rotatable bonds is 4. The van der Waals surface area contributed by atoms with Crippen LogP contribution in [0.5, 0.6) is 0 Å². The van der Waals surface area contributed by atoms with E-state index in [1.807, 2.05) is 11.4 Å². The van der Waals surface area contributed by atoms with Gasteiger partial charge >= 0.3 is 5.97 Å². The van der Waals surface area contributed by atoms with Gasteiger partial charge in [-0.05, 0) is 24.4 Å². The van der Waals surface area contributed by atoms with Gasteiger partial charge in [0.15, 0.2) is 0 Å². The predicted octanol–water partition coefficient (Wildman–Crippen LogP) is 2.62. The molecule has 6 heteroatoms. The molecule has 100 valence electrons. The third kappa shape index (κ3) is 2.85. The number of furan rings is 1. The van der Waals surface area contributed by atoms with Gasteiger partial charge in [-0.15, -0.1) is 11.3 Å². The molecule has 0 bridgehead atoms. The molecule has 0 aliphatic rings. The first-order chi connectivity index (χ1) is 8.99. The van der Waals surface area contributed by atoms with E-state index in [0.717, 1.165) is 0 Å². The molecule has 2 heterocycles. The normalized spacial score (nSPS) is 10.4. The summed E-state index contributed by atoms with van der Waals surface area (Å²) in [6.07, 6.45) is 0. The molecule has 5 nitrogen and oxygen atoms in total. The SMILES string of the molecule is Cc1oc(CN(C)C(=O)c2cccs2)cc1C(=O)O. The minimum atomic E-state index is -1.03. The maximum atomic E-state index is 12.0. The standard InChI is InChI=1S/C13H13NO4S/c1-8-10(13(16)17)6-9(18-8)7-14(2)12(15)11-4-3-5-19-11/h3-6H,7H2,1-2H3,(H,16,17). The van der Waals surface area contributed by atoms with Crippen molar-refractivity contribution < 1.29 is 19.1 Å². The number of carboxylic acid groups (broad SMARTS) is 1. The van der Waals surface area contributed by atoms with Crippen LogP contribution in [0.2, 0.25) is 0 Å². The number of thiophene rings is 1. The van der Waals surface area contributed by atoms with E-state index in [1.54, 1.807) is 20.0 Å². The zero-order chi connectivity index (χ0) is 14.0. The molecule has 0 aliphatic heterocycles. The van der Waals surface area contributed by atoms with Gasteiger partial charge in [-0.3, -0.25) is 4.79 Å². The second kappa shape index (κ2) is 5.27. The molecule has 19 heavy (non-hydrogen) atoms. The molecule has 0 aromatic carbocycles. The highest BCUT2D eigenvalue weighted by molar-refractivity contribution is 7.12. The molecule has 0 fully saturated rings. The molecule has 0 spiro atoms. The van der Waals surface area contributed by atoms with Gasteiger partial charge in [-0.2, -0.15) is 0 Å². The molecule has 1 N–H and O–H groups in total. The van der Waals surface area contributed by atoms with E-state index in [4.69, 9.17) is 9.52 Å². The van der Waals surface area contributed by atoms with E-state index < -0.39 is 5.97 Å². The lowest BCUT2D eigenvalue weighted by atomic mass is 10.2. The summed E-state index contributed by atoms with van der Waals surface area (Å²) in [4.78, 5) is 25.1. The zero-order valence-electron chi connectivity index (χ0n) is 10.5. The maximum absolute atomic E-state index is 12.0. The van der Waals surface area contributed by atoms with Crippen molar-refractivity contribution in [1.82, 2.24) is 4.90 Å². The first-order valence-corrected chi connectivity index (χ1v) is 6.48. The summed E-state index contributed by atoms with van der Waals surface area (Å²) in [5, 5.41) is 10.8. The van der Waals surface area contributed by atoms with Crippen LogP contribution < -0.4 is 0 Å². The van der Waals surface area contributed by atoms with E-state index >= 15 is 0 Å². The Morgan fingerprint density at radius 3 is 2.74 bits per heavy atom. The highest BCUT2D eigenvalue weighted by Gasteiger charge is 2.18. The number of nitrogens with zero attached hydrogens (tertiary/aromatic N) is 1. The number of carbonyl (C=O) groups excluding carboxylic acids is 1. The molecule has 0 radical (unpaired) electrons. The third-order valence-electron chi connectivity index (χ3n) is 2.67. The van der Waals surface area contributed by atoms with Gasteiger partial charge in [0.25, 0.3) is 5.91 Å².